The summed E-state index contributed by atoms with van der Waals surface area (Å²) in [5.41, 5.74) is 0.821. The van der Waals surface area contributed by atoms with Crippen molar-refractivity contribution in [2.75, 3.05) is 0 Å². The van der Waals surface area contributed by atoms with Crippen LogP contribution in [0.1, 0.15) is 0 Å². The first-order valence-electron chi connectivity index (χ1n) is 6.15. The van der Waals surface area contributed by atoms with Crippen LogP contribution in [0.5, 0.6) is 0 Å². The van der Waals surface area contributed by atoms with E-state index in [4.69, 9.17) is 0 Å². The Bertz CT molecular complexity index is 760. The van der Waals surface area contributed by atoms with E-state index in [-0.39, 0.29) is 62.3 Å². The molecule has 0 aliphatic heterocycles. The Morgan fingerprint density at radius 2 is 1.52 bits per heavy atom. The topological polar surface area (TPSA) is 57.9 Å². The van der Waals surface area contributed by atoms with Crippen molar-refractivity contribution in [3.63, 3.8) is 0 Å². The third kappa shape index (κ3) is 3.46. The van der Waals surface area contributed by atoms with Gasteiger partial charge in [-0.1, -0.05) is 48.5 Å². The van der Waals surface area contributed by atoms with Gasteiger partial charge in [0.05, 0.1) is 0 Å². The van der Waals surface area contributed by atoms with Gasteiger partial charge in [-0.15, -0.1) is 0 Å². The maximum absolute atomic E-state index is 12.6. The summed E-state index contributed by atoms with van der Waals surface area (Å²) in [6, 6.07) is 17.6. The molecule has 0 fully saturated rings. The molecule has 1 unspecified atom stereocenters. The molecule has 1 atom stereocenters. The summed E-state index contributed by atoms with van der Waals surface area (Å²) in [5.74, 6) is 0. The summed E-state index contributed by atoms with van der Waals surface area (Å²) < 4.78 is 14.2. The van der Waals surface area contributed by atoms with E-state index in [1.54, 1.807) is 41.1 Å². The summed E-state index contributed by atoms with van der Waals surface area (Å²) >= 11 is 0. The summed E-state index contributed by atoms with van der Waals surface area (Å²) in [4.78, 5) is 16.7. The van der Waals surface area contributed by atoms with E-state index in [0.717, 1.165) is 5.69 Å². The first-order chi connectivity index (χ1) is 9.69. The largest absolute Gasteiger partial charge is 1.00 e. The van der Waals surface area contributed by atoms with E-state index in [9.17, 15) is 9.46 Å². The molecule has 0 saturated heterocycles. The predicted molar refractivity (Wildman–Crippen MR) is 76.9 cm³/mol. The molecule has 21 heavy (non-hydrogen) atoms. The normalized spacial score (nSPS) is 13.2. The van der Waals surface area contributed by atoms with Crippen molar-refractivity contribution in [1.29, 1.82) is 0 Å². The number of benzene rings is 2. The average molecular weight is 322 g/mol. The first-order valence-corrected chi connectivity index (χ1v) is 7.78. The summed E-state index contributed by atoms with van der Waals surface area (Å²) in [6.45, 7) is 0. The van der Waals surface area contributed by atoms with Crippen LogP contribution in [0.2, 0.25) is 0 Å². The minimum absolute atomic E-state index is 0. The van der Waals surface area contributed by atoms with Gasteiger partial charge < -0.3 is 9.46 Å². The SMILES string of the molecule is O=P([O-])(c1ccccc1)c1nccn1-c1ccccc1.[K+]. The zero-order chi connectivity index (χ0) is 14.0. The zero-order valence-electron chi connectivity index (χ0n) is 11.6. The molecule has 0 amide bonds. The molecule has 0 aliphatic rings. The van der Waals surface area contributed by atoms with Crippen molar-refractivity contribution < 1.29 is 60.8 Å². The maximum atomic E-state index is 12.6. The second kappa shape index (κ2) is 7.16. The van der Waals surface area contributed by atoms with E-state index < -0.39 is 7.37 Å². The summed E-state index contributed by atoms with van der Waals surface area (Å²) in [6.07, 6.45) is 3.15. The molecule has 6 heteroatoms. The standard InChI is InChI=1S/C15H13N2O2P.K/c18-20(19,14-9-5-2-6-10-14)15-16-11-12-17(15)13-7-3-1-4-8-13;/h1-12H,(H,18,19);/q;+1/p-1. The van der Waals surface area contributed by atoms with E-state index in [1.165, 1.54) is 6.20 Å². The molecule has 0 N–H and O–H groups in total. The van der Waals surface area contributed by atoms with Gasteiger partial charge in [-0.05, 0) is 12.1 Å². The van der Waals surface area contributed by atoms with E-state index in [1.807, 2.05) is 30.3 Å². The Morgan fingerprint density at radius 1 is 0.952 bits per heavy atom. The zero-order valence-corrected chi connectivity index (χ0v) is 15.6. The molecule has 2 aromatic carbocycles. The molecule has 0 spiro atoms. The summed E-state index contributed by atoms with van der Waals surface area (Å²) in [7, 11) is -3.95. The monoisotopic (exact) mass is 322 g/mol. The van der Waals surface area contributed by atoms with Gasteiger partial charge in [0, 0.05) is 23.4 Å². The molecule has 100 valence electrons. The van der Waals surface area contributed by atoms with Crippen LogP contribution >= 0.6 is 7.37 Å². The second-order valence-electron chi connectivity index (χ2n) is 4.32. The average Bonchev–Trinajstić information content (AvgIpc) is 2.99. The van der Waals surface area contributed by atoms with Crippen LogP contribution in [-0.2, 0) is 4.57 Å². The fourth-order valence-corrected chi connectivity index (χ4v) is 3.52. The molecule has 0 saturated carbocycles. The minimum Gasteiger partial charge on any atom is -0.790 e. The molecule has 3 rings (SSSR count). The Balaban J connectivity index is 0.00000161. The van der Waals surface area contributed by atoms with Gasteiger partial charge in [-0.3, -0.25) is 4.57 Å². The van der Waals surface area contributed by atoms with Crippen molar-refractivity contribution in [3.05, 3.63) is 73.1 Å². The van der Waals surface area contributed by atoms with Crippen molar-refractivity contribution in [3.8, 4) is 5.69 Å². The van der Waals surface area contributed by atoms with Crippen LogP contribution in [0.15, 0.2) is 73.1 Å². The predicted octanol–water partition coefficient (Wildman–Crippen LogP) is -1.53. The van der Waals surface area contributed by atoms with E-state index in [0.29, 0.717) is 0 Å². The fraction of sp³-hybridized carbons (Fsp3) is 0. The molecular formula is C15H12KN2O2P. The van der Waals surface area contributed by atoms with Crippen molar-refractivity contribution in [1.82, 2.24) is 9.55 Å². The Labute approximate surface area is 165 Å². The Hall–Kier alpha value is -0.524. The van der Waals surface area contributed by atoms with Crippen LogP contribution in [-0.4, -0.2) is 9.55 Å². The van der Waals surface area contributed by atoms with Gasteiger partial charge >= 0.3 is 51.4 Å². The minimum atomic E-state index is -3.95. The van der Waals surface area contributed by atoms with E-state index in [2.05, 4.69) is 4.98 Å². The molecule has 4 nitrogen and oxygen atoms in total. The molecule has 3 aromatic rings. The van der Waals surface area contributed by atoms with Crippen LogP contribution in [0.4, 0.5) is 0 Å². The van der Waals surface area contributed by atoms with Gasteiger partial charge in [0.25, 0.3) is 0 Å². The number of aromatic nitrogens is 2. The van der Waals surface area contributed by atoms with E-state index >= 15 is 0 Å². The fourth-order valence-electron chi connectivity index (χ4n) is 2.04. The quantitative estimate of drug-likeness (QED) is 0.434. The maximum Gasteiger partial charge on any atom is 1.00 e. The van der Waals surface area contributed by atoms with Gasteiger partial charge in [0.1, 0.15) is 7.37 Å². The van der Waals surface area contributed by atoms with Crippen LogP contribution in [0, 0.1) is 0 Å². The molecule has 0 bridgehead atoms. The Morgan fingerprint density at radius 3 is 2.14 bits per heavy atom. The molecule has 0 aliphatic carbocycles. The Kier molecular flexibility index (Phi) is 5.74. The van der Waals surface area contributed by atoms with Crippen molar-refractivity contribution >= 4 is 18.2 Å². The van der Waals surface area contributed by atoms with Gasteiger partial charge in [-0.25, -0.2) is 4.98 Å². The molecule has 1 aromatic heterocycles. The number of hydrogen-bond acceptors (Lipinski definition) is 3. The van der Waals surface area contributed by atoms with Gasteiger partial charge in [-0.2, -0.15) is 0 Å². The van der Waals surface area contributed by atoms with Gasteiger partial charge in [0.2, 0.25) is 0 Å². The van der Waals surface area contributed by atoms with Crippen molar-refractivity contribution in [2.24, 2.45) is 0 Å². The first kappa shape index (κ1) is 16.8. The van der Waals surface area contributed by atoms with Crippen LogP contribution in [0.3, 0.4) is 0 Å². The van der Waals surface area contributed by atoms with Crippen LogP contribution in [0.25, 0.3) is 5.69 Å². The van der Waals surface area contributed by atoms with Crippen molar-refractivity contribution in [2.45, 2.75) is 0 Å². The number of imidazole rings is 1. The number of rotatable bonds is 3. The van der Waals surface area contributed by atoms with Crippen LogP contribution < -0.4 is 67.1 Å². The number of nitrogens with zero attached hydrogens (tertiary/aromatic N) is 2. The number of para-hydroxylation sites is 1. The molecular weight excluding hydrogens is 310 g/mol. The number of hydrogen-bond donors (Lipinski definition) is 0. The second-order valence-corrected chi connectivity index (χ2v) is 6.34. The third-order valence-electron chi connectivity index (χ3n) is 3.01. The summed E-state index contributed by atoms with van der Waals surface area (Å²) in [5, 5.41) is 0.267. The smallest absolute Gasteiger partial charge is 0.790 e. The third-order valence-corrected chi connectivity index (χ3v) is 4.85. The van der Waals surface area contributed by atoms with Gasteiger partial charge in [0.15, 0.2) is 5.57 Å². The molecule has 1 heterocycles. The molecule has 0 radical (unpaired) electrons.